The van der Waals surface area contributed by atoms with Gasteiger partial charge in [0.2, 0.25) is 5.91 Å². The number of rotatable bonds is 12. The van der Waals surface area contributed by atoms with Crippen LogP contribution in [-0.4, -0.2) is 82.7 Å². The lowest BCUT2D eigenvalue weighted by Gasteiger charge is -2.32. The molecule has 5 heterocycles. The highest BCUT2D eigenvalue weighted by molar-refractivity contribution is 5.93. The third kappa shape index (κ3) is 7.93. The Balaban J connectivity index is 1.86. The summed E-state index contributed by atoms with van der Waals surface area (Å²) in [7, 11) is 6.33. The normalized spacial score (nSPS) is 17.1. The Morgan fingerprint density at radius 1 is 0.863 bits per heavy atom. The molecule has 2 aliphatic rings. The van der Waals surface area contributed by atoms with Gasteiger partial charge in [-0.2, -0.15) is 0 Å². The molecule has 3 aromatic heterocycles. The number of carbonyl (C=O) groups is 3. The molecule has 1 amide bonds. The van der Waals surface area contributed by atoms with Gasteiger partial charge in [-0.15, -0.1) is 0 Å². The number of aromatic amines is 2. The van der Waals surface area contributed by atoms with Crippen LogP contribution in [0.25, 0.3) is 33.2 Å². The van der Waals surface area contributed by atoms with Crippen molar-refractivity contribution >= 4 is 51.1 Å². The molecule has 0 fully saturated rings. The van der Waals surface area contributed by atoms with Crippen molar-refractivity contribution in [1.29, 1.82) is 0 Å². The number of methoxy groups -OCH3 is 2. The van der Waals surface area contributed by atoms with Crippen LogP contribution in [0.1, 0.15) is 104 Å². The lowest BCUT2D eigenvalue weighted by atomic mass is 9.70. The van der Waals surface area contributed by atoms with Crippen LogP contribution >= 0.6 is 0 Å². The minimum Gasteiger partial charge on any atom is -0.469 e. The van der Waals surface area contributed by atoms with Crippen LogP contribution in [0.3, 0.4) is 0 Å². The highest BCUT2D eigenvalue weighted by atomic mass is 16.5. The van der Waals surface area contributed by atoms with E-state index in [1.807, 2.05) is 26.0 Å². The number of aliphatic hydroxyl groups excluding tert-OH is 1. The molecule has 0 saturated carbocycles. The molecule has 0 unspecified atom stereocenters. The molecule has 0 radical (unpaired) electrons. The zero-order valence-corrected chi connectivity index (χ0v) is 31.2. The van der Waals surface area contributed by atoms with Crippen molar-refractivity contribution in [3.05, 3.63) is 69.8 Å². The summed E-state index contributed by atoms with van der Waals surface area (Å²) in [6.07, 6.45) is 3.74. The van der Waals surface area contributed by atoms with Gasteiger partial charge < -0.3 is 29.4 Å². The predicted molar refractivity (Wildman–Crippen MR) is 199 cm³/mol. The standard InChI is InChI=1S/C40H51N5O6/c1-23-17-26-18-36-40(4,22-37(47)45(5)6)29(11-9-10-16-46)35(44-36)20-32-25(3)28(13-15-39(49)51-8)34(43-32)21-33-27(12-14-38(48)50-7)24(2)31(42-33)19-30(23)41-26/h17-21,29,41-42,46H,9-16,22H2,1-8H3/t29-,40+/m1/s1. The predicted octanol–water partition coefficient (Wildman–Crippen LogP) is 6.60. The van der Waals surface area contributed by atoms with Gasteiger partial charge in [-0.05, 0) is 105 Å². The Morgan fingerprint density at radius 2 is 1.57 bits per heavy atom. The minimum absolute atomic E-state index is 0.0139. The first-order valence-corrected chi connectivity index (χ1v) is 17.7. The summed E-state index contributed by atoms with van der Waals surface area (Å²) in [5.41, 5.74) is 10.9. The molecule has 51 heavy (non-hydrogen) atoms. The number of allylic oxidation sites excluding steroid dienone is 2. The fraction of sp³-hybridized carbons (Fsp3) is 0.475. The number of carbonyl (C=O) groups excluding carboxylic acids is 3. The molecule has 2 aliphatic heterocycles. The zero-order chi connectivity index (χ0) is 37.0. The topological polar surface area (TPSA) is 150 Å². The Hall–Kier alpha value is -4.77. The fourth-order valence-corrected chi connectivity index (χ4v) is 7.32. The minimum atomic E-state index is -0.623. The smallest absolute Gasteiger partial charge is 0.305 e. The van der Waals surface area contributed by atoms with Crippen molar-refractivity contribution < 1.29 is 29.0 Å². The van der Waals surface area contributed by atoms with Crippen LogP contribution < -0.4 is 0 Å². The van der Waals surface area contributed by atoms with E-state index in [1.165, 1.54) is 14.2 Å². The molecule has 0 aromatic carbocycles. The van der Waals surface area contributed by atoms with Crippen molar-refractivity contribution in [3.8, 4) is 0 Å². The molecule has 2 atom stereocenters. The van der Waals surface area contributed by atoms with Gasteiger partial charge in [-0.3, -0.25) is 19.4 Å². The summed E-state index contributed by atoms with van der Waals surface area (Å²) >= 11 is 0. The molecule has 272 valence electrons. The molecule has 0 aliphatic carbocycles. The number of amides is 1. The maximum absolute atomic E-state index is 13.4. The molecule has 11 nitrogen and oxygen atoms in total. The summed E-state index contributed by atoms with van der Waals surface area (Å²) in [5.74, 6) is -0.695. The van der Waals surface area contributed by atoms with Gasteiger partial charge in [0.25, 0.3) is 0 Å². The first-order chi connectivity index (χ1) is 24.3. The van der Waals surface area contributed by atoms with Crippen LogP contribution in [-0.2, 0) is 35.7 Å². The molecular weight excluding hydrogens is 646 g/mol. The van der Waals surface area contributed by atoms with E-state index in [1.54, 1.807) is 19.0 Å². The molecule has 5 rings (SSSR count). The van der Waals surface area contributed by atoms with E-state index in [0.29, 0.717) is 19.3 Å². The summed E-state index contributed by atoms with van der Waals surface area (Å²) in [5, 5.41) is 9.68. The van der Waals surface area contributed by atoms with Crippen molar-refractivity contribution in [1.82, 2.24) is 24.8 Å². The lowest BCUT2D eigenvalue weighted by molar-refractivity contribution is -0.141. The van der Waals surface area contributed by atoms with Crippen molar-refractivity contribution in [2.75, 3.05) is 34.9 Å². The molecule has 8 bridgehead atoms. The van der Waals surface area contributed by atoms with Crippen molar-refractivity contribution in [2.45, 2.75) is 90.4 Å². The highest BCUT2D eigenvalue weighted by Crippen LogP contribution is 2.48. The summed E-state index contributed by atoms with van der Waals surface area (Å²) < 4.78 is 9.96. The SMILES string of the molecule is COC(=O)CCC1=C(C)c2cc3nc(cc4cc(C)c(cc5[nH]c(cc1n2)c(CCC(=O)OC)c5C)[nH]4)[C@@](C)(CC(=O)N(C)C)[C@@H]3CCCCO. The second-order valence-electron chi connectivity index (χ2n) is 14.2. The third-order valence-electron chi connectivity index (χ3n) is 10.6. The van der Waals surface area contributed by atoms with E-state index >= 15 is 0 Å². The number of hydrogen-bond acceptors (Lipinski definition) is 8. The first-order valence-electron chi connectivity index (χ1n) is 17.7. The van der Waals surface area contributed by atoms with Gasteiger partial charge in [0.05, 0.1) is 25.6 Å². The van der Waals surface area contributed by atoms with Crippen molar-refractivity contribution in [2.24, 2.45) is 0 Å². The molecule has 0 spiro atoms. The number of hydrogen-bond donors (Lipinski definition) is 3. The molecular formula is C40H51N5O6. The lowest BCUT2D eigenvalue weighted by Crippen LogP contribution is -2.34. The number of esters is 2. The number of ether oxygens (including phenoxy) is 2. The number of aliphatic hydroxyl groups is 1. The number of unbranched alkanes of at least 4 members (excludes halogenated alkanes) is 1. The summed E-state index contributed by atoms with van der Waals surface area (Å²) in [6.45, 7) is 8.32. The Labute approximate surface area is 299 Å². The first kappa shape index (κ1) is 37.5. The zero-order valence-electron chi connectivity index (χ0n) is 31.2. The van der Waals surface area contributed by atoms with Gasteiger partial charge >= 0.3 is 11.9 Å². The number of aryl methyl sites for hydroxylation is 3. The van der Waals surface area contributed by atoms with E-state index in [9.17, 15) is 19.5 Å². The number of aromatic nitrogens is 4. The van der Waals surface area contributed by atoms with Gasteiger partial charge in [0.15, 0.2) is 0 Å². The number of nitrogens with zero attached hydrogens (tertiary/aromatic N) is 3. The average molecular weight is 698 g/mol. The molecule has 11 heteroatoms. The summed E-state index contributed by atoms with van der Waals surface area (Å²) in [4.78, 5) is 57.2. The van der Waals surface area contributed by atoms with Gasteiger partial charge in [-0.1, -0.05) is 13.3 Å². The molecule has 3 N–H and O–H groups in total. The fourth-order valence-electron chi connectivity index (χ4n) is 7.32. The maximum Gasteiger partial charge on any atom is 0.305 e. The van der Waals surface area contributed by atoms with Crippen LogP contribution in [0.4, 0.5) is 0 Å². The van der Waals surface area contributed by atoms with Crippen molar-refractivity contribution in [3.63, 3.8) is 0 Å². The van der Waals surface area contributed by atoms with Crippen LogP contribution in [0.5, 0.6) is 0 Å². The maximum atomic E-state index is 13.4. The number of fused-ring (bicyclic) bond motifs is 8. The van der Waals surface area contributed by atoms with E-state index in [0.717, 1.165) is 85.5 Å². The largest absolute Gasteiger partial charge is 0.469 e. The monoisotopic (exact) mass is 697 g/mol. The van der Waals surface area contributed by atoms with E-state index in [4.69, 9.17) is 19.4 Å². The molecule has 3 aromatic rings. The summed E-state index contributed by atoms with van der Waals surface area (Å²) in [6, 6.07) is 10.3. The molecule has 0 saturated heterocycles. The van der Waals surface area contributed by atoms with E-state index in [2.05, 4.69) is 42.0 Å². The Kier molecular flexibility index (Phi) is 11.5. The van der Waals surface area contributed by atoms with Gasteiger partial charge in [0, 0.05) is 84.8 Å². The highest BCUT2D eigenvalue weighted by Gasteiger charge is 2.44. The second kappa shape index (κ2) is 15.6. The van der Waals surface area contributed by atoms with E-state index < -0.39 is 5.41 Å². The number of H-pyrrole nitrogens is 2. The third-order valence-corrected chi connectivity index (χ3v) is 10.6. The van der Waals surface area contributed by atoms with Gasteiger partial charge in [-0.25, -0.2) is 4.98 Å². The van der Waals surface area contributed by atoms with Crippen LogP contribution in [0, 0.1) is 13.8 Å². The quantitative estimate of drug-likeness (QED) is 0.142. The van der Waals surface area contributed by atoms with E-state index in [-0.39, 0.29) is 49.6 Å². The Morgan fingerprint density at radius 3 is 2.24 bits per heavy atom. The van der Waals surface area contributed by atoms with Crippen LogP contribution in [0.15, 0.2) is 30.3 Å². The van der Waals surface area contributed by atoms with Gasteiger partial charge in [0.1, 0.15) is 0 Å². The average Bonchev–Trinajstić information content (AvgIpc) is 3.76. The second-order valence-corrected chi connectivity index (χ2v) is 14.2. The Bertz CT molecular complexity index is 2020. The number of nitrogens with one attached hydrogen (secondary N) is 2. The van der Waals surface area contributed by atoms with Crippen LogP contribution in [0.2, 0.25) is 0 Å².